The third-order valence-corrected chi connectivity index (χ3v) is 4.62. The minimum atomic E-state index is 0. The summed E-state index contributed by atoms with van der Waals surface area (Å²) in [5, 5.41) is 4.02. The van der Waals surface area contributed by atoms with Gasteiger partial charge in [0.2, 0.25) is 0 Å². The molecule has 0 aliphatic carbocycles. The number of methoxy groups -OCH3 is 1. The average Bonchev–Trinajstić information content (AvgIpc) is 3.11. The van der Waals surface area contributed by atoms with E-state index >= 15 is 0 Å². The van der Waals surface area contributed by atoms with Crippen molar-refractivity contribution in [1.82, 2.24) is 10.2 Å². The van der Waals surface area contributed by atoms with E-state index in [1.165, 1.54) is 0 Å². The van der Waals surface area contributed by atoms with Crippen LogP contribution in [-0.2, 0) is 11.3 Å². The van der Waals surface area contributed by atoms with Crippen LogP contribution in [0.4, 0.5) is 0 Å². The van der Waals surface area contributed by atoms with Gasteiger partial charge in [-0.3, -0.25) is 4.90 Å². The largest absolute Gasteiger partial charge is 1.00 e. The smallest absolute Gasteiger partial charge is 0.137 e. The fourth-order valence-electron chi connectivity index (χ4n) is 2.91. The quantitative estimate of drug-likeness (QED) is 0.462. The van der Waals surface area contributed by atoms with Crippen molar-refractivity contribution >= 4 is 11.6 Å². The second-order valence-electron chi connectivity index (χ2n) is 6.10. The van der Waals surface area contributed by atoms with E-state index < -0.39 is 0 Å². The highest BCUT2D eigenvalue weighted by Gasteiger charge is 2.10. The van der Waals surface area contributed by atoms with Crippen LogP contribution in [-0.4, -0.2) is 51.4 Å². The van der Waals surface area contributed by atoms with Gasteiger partial charge in [0.25, 0.3) is 0 Å². The van der Waals surface area contributed by atoms with Crippen molar-refractivity contribution in [2.45, 2.75) is 13.0 Å². The predicted molar refractivity (Wildman–Crippen MR) is 99.3 cm³/mol. The highest BCUT2D eigenvalue weighted by atomic mass is 35.5. The SMILES string of the molecule is COc1ccc(-c2ccc(CNCCCN3CCOCC3)o2)cc1Cl.[Cl-].[Cl-]. The van der Waals surface area contributed by atoms with E-state index in [9.17, 15) is 0 Å². The molecule has 2 heterocycles. The van der Waals surface area contributed by atoms with E-state index in [-0.39, 0.29) is 24.8 Å². The van der Waals surface area contributed by atoms with Crippen molar-refractivity contribution in [1.29, 1.82) is 0 Å². The summed E-state index contributed by atoms with van der Waals surface area (Å²) in [5.74, 6) is 2.40. The normalized spacial score (nSPS) is 14.3. The van der Waals surface area contributed by atoms with Crippen molar-refractivity contribution in [3.8, 4) is 17.1 Å². The van der Waals surface area contributed by atoms with Crippen LogP contribution in [0.1, 0.15) is 12.2 Å². The molecule has 5 nitrogen and oxygen atoms in total. The van der Waals surface area contributed by atoms with Crippen molar-refractivity contribution < 1.29 is 38.7 Å². The van der Waals surface area contributed by atoms with Gasteiger partial charge >= 0.3 is 0 Å². The number of nitrogens with zero attached hydrogens (tertiary/aromatic N) is 1. The fraction of sp³-hybridized carbons (Fsp3) is 0.474. The van der Waals surface area contributed by atoms with Gasteiger partial charge in [-0.05, 0) is 49.8 Å². The Kier molecular flexibility index (Phi) is 11.1. The van der Waals surface area contributed by atoms with Gasteiger partial charge in [-0.2, -0.15) is 0 Å². The Morgan fingerprint density at radius 2 is 1.93 bits per heavy atom. The molecule has 1 aromatic heterocycles. The van der Waals surface area contributed by atoms with Gasteiger partial charge < -0.3 is 44.0 Å². The molecule has 3 rings (SSSR count). The highest BCUT2D eigenvalue weighted by Crippen LogP contribution is 2.31. The summed E-state index contributed by atoms with van der Waals surface area (Å²) >= 11 is 6.18. The van der Waals surface area contributed by atoms with Gasteiger partial charge in [0.1, 0.15) is 17.3 Å². The molecule has 1 fully saturated rings. The lowest BCUT2D eigenvalue weighted by molar-refractivity contribution is -0.00100. The van der Waals surface area contributed by atoms with E-state index in [4.69, 9.17) is 25.5 Å². The molecule has 1 aliphatic heterocycles. The molecule has 0 spiro atoms. The molecule has 0 bridgehead atoms. The molecule has 0 unspecified atom stereocenters. The summed E-state index contributed by atoms with van der Waals surface area (Å²) in [4.78, 5) is 2.45. The number of rotatable bonds is 8. The van der Waals surface area contributed by atoms with Crippen molar-refractivity contribution in [3.63, 3.8) is 0 Å². The molecule has 0 amide bonds. The molecule has 1 aromatic carbocycles. The Balaban J connectivity index is 0.00000182. The van der Waals surface area contributed by atoms with Crippen LogP contribution >= 0.6 is 11.6 Å². The Bertz CT molecular complexity index is 676. The first-order valence-electron chi connectivity index (χ1n) is 8.70. The van der Waals surface area contributed by atoms with Crippen molar-refractivity contribution in [2.24, 2.45) is 0 Å². The number of ether oxygens (including phenoxy) is 2. The summed E-state index contributed by atoms with van der Waals surface area (Å²) in [6, 6.07) is 9.64. The van der Waals surface area contributed by atoms with Crippen molar-refractivity contribution in [3.05, 3.63) is 41.1 Å². The maximum Gasteiger partial charge on any atom is 0.137 e. The van der Waals surface area contributed by atoms with Crippen LogP contribution in [0.2, 0.25) is 5.02 Å². The van der Waals surface area contributed by atoms with E-state index in [1.54, 1.807) is 7.11 Å². The molecule has 1 N–H and O–H groups in total. The van der Waals surface area contributed by atoms with E-state index in [0.29, 0.717) is 10.8 Å². The van der Waals surface area contributed by atoms with Gasteiger partial charge in [-0.15, -0.1) is 0 Å². The topological polar surface area (TPSA) is 46.9 Å². The molecule has 1 aliphatic rings. The molecule has 8 heteroatoms. The van der Waals surface area contributed by atoms with Crippen LogP contribution in [0.25, 0.3) is 11.3 Å². The third-order valence-electron chi connectivity index (χ3n) is 4.33. The van der Waals surface area contributed by atoms with Gasteiger partial charge in [0.15, 0.2) is 0 Å². The summed E-state index contributed by atoms with van der Waals surface area (Å²) in [5.41, 5.74) is 0.948. The fourth-order valence-corrected chi connectivity index (χ4v) is 3.17. The number of benzene rings is 1. The first kappa shape index (κ1) is 24.1. The Labute approximate surface area is 178 Å². The molecule has 0 radical (unpaired) electrons. The number of furan rings is 1. The first-order valence-corrected chi connectivity index (χ1v) is 9.07. The standard InChI is InChI=1S/C19H25ClN2O3.2ClH/c1-23-19-5-3-15(13-17(19)20)18-6-4-16(25-18)14-21-7-2-8-22-9-11-24-12-10-22;;/h3-6,13,21H,2,7-12,14H2,1H3;2*1H/p-2. The second-order valence-corrected chi connectivity index (χ2v) is 6.51. The highest BCUT2D eigenvalue weighted by molar-refractivity contribution is 6.32. The molecule has 1 saturated heterocycles. The summed E-state index contributed by atoms with van der Waals surface area (Å²) in [6.07, 6.45) is 1.13. The molecule has 2 aromatic rings. The Morgan fingerprint density at radius 1 is 1.15 bits per heavy atom. The van der Waals surface area contributed by atoms with Crippen LogP contribution < -0.4 is 34.9 Å². The number of morpholine rings is 1. The number of nitrogens with one attached hydrogen (secondary N) is 1. The van der Waals surface area contributed by atoms with E-state index in [2.05, 4.69) is 10.2 Å². The van der Waals surface area contributed by atoms with Crippen LogP contribution in [0.3, 0.4) is 0 Å². The summed E-state index contributed by atoms with van der Waals surface area (Å²) < 4.78 is 16.4. The zero-order chi connectivity index (χ0) is 17.5. The van der Waals surface area contributed by atoms with Crippen LogP contribution in [0.5, 0.6) is 5.75 Å². The summed E-state index contributed by atoms with van der Waals surface area (Å²) in [7, 11) is 1.61. The van der Waals surface area contributed by atoms with Crippen LogP contribution in [0.15, 0.2) is 34.7 Å². The predicted octanol–water partition coefficient (Wildman–Crippen LogP) is -2.57. The van der Waals surface area contributed by atoms with Gasteiger partial charge in [-0.25, -0.2) is 0 Å². The molecular weight excluding hydrogens is 411 g/mol. The lowest BCUT2D eigenvalue weighted by atomic mass is 10.2. The minimum absolute atomic E-state index is 0. The number of hydrogen-bond donors (Lipinski definition) is 1. The maximum atomic E-state index is 6.18. The maximum absolute atomic E-state index is 6.18. The molecule has 152 valence electrons. The number of hydrogen-bond acceptors (Lipinski definition) is 5. The Morgan fingerprint density at radius 3 is 2.63 bits per heavy atom. The molecular formula is C19H25Cl3N2O3-2. The van der Waals surface area contributed by atoms with E-state index in [1.807, 2.05) is 30.3 Å². The first-order chi connectivity index (χ1) is 12.3. The van der Waals surface area contributed by atoms with Gasteiger partial charge in [-0.1, -0.05) is 11.6 Å². The lowest BCUT2D eigenvalue weighted by Gasteiger charge is -2.26. The zero-order valence-corrected chi connectivity index (χ0v) is 17.6. The average molecular weight is 436 g/mol. The molecule has 27 heavy (non-hydrogen) atoms. The van der Waals surface area contributed by atoms with Crippen LogP contribution in [0, 0.1) is 0 Å². The van der Waals surface area contributed by atoms with E-state index in [0.717, 1.165) is 69.4 Å². The Hall–Kier alpha value is -0.950. The lowest BCUT2D eigenvalue weighted by Crippen LogP contribution is -3.00. The number of halogens is 3. The monoisotopic (exact) mass is 434 g/mol. The second kappa shape index (κ2) is 12.5. The molecule has 0 saturated carbocycles. The minimum Gasteiger partial charge on any atom is -1.00 e. The molecule has 0 atom stereocenters. The van der Waals surface area contributed by atoms with Crippen molar-refractivity contribution in [2.75, 3.05) is 46.5 Å². The third kappa shape index (κ3) is 7.18. The van der Waals surface area contributed by atoms with Gasteiger partial charge in [0.05, 0.1) is 31.9 Å². The zero-order valence-electron chi connectivity index (χ0n) is 15.3. The van der Waals surface area contributed by atoms with Gasteiger partial charge in [0, 0.05) is 18.7 Å². The summed E-state index contributed by atoms with van der Waals surface area (Å²) in [6.45, 7) is 6.63.